The molecule has 0 spiro atoms. The van der Waals surface area contributed by atoms with Crippen LogP contribution in [0.1, 0.15) is 26.1 Å². The van der Waals surface area contributed by atoms with E-state index in [1.54, 1.807) is 23.9 Å². The van der Waals surface area contributed by atoms with Crippen molar-refractivity contribution in [2.24, 2.45) is 0 Å². The quantitative estimate of drug-likeness (QED) is 0.838. The van der Waals surface area contributed by atoms with Crippen LogP contribution in [-0.4, -0.2) is 28.3 Å². The highest BCUT2D eigenvalue weighted by Crippen LogP contribution is 2.22. The molecular formula is C11H18F3N3. The first kappa shape index (κ1) is 14.0. The van der Waals surface area contributed by atoms with Crippen molar-refractivity contribution in [1.82, 2.24) is 14.9 Å². The summed E-state index contributed by atoms with van der Waals surface area (Å²) in [7, 11) is 0. The van der Waals surface area contributed by atoms with Crippen molar-refractivity contribution in [3.63, 3.8) is 0 Å². The van der Waals surface area contributed by atoms with Gasteiger partial charge in [0, 0.05) is 25.4 Å². The Morgan fingerprint density at radius 2 is 2.12 bits per heavy atom. The fraction of sp³-hybridized carbons (Fsp3) is 0.727. The van der Waals surface area contributed by atoms with Crippen LogP contribution in [0.15, 0.2) is 12.4 Å². The zero-order valence-corrected chi connectivity index (χ0v) is 10.1. The summed E-state index contributed by atoms with van der Waals surface area (Å²) >= 11 is 0. The Labute approximate surface area is 99.0 Å². The number of hydrogen-bond acceptors (Lipinski definition) is 2. The van der Waals surface area contributed by atoms with E-state index in [0.29, 0.717) is 18.9 Å². The van der Waals surface area contributed by atoms with Gasteiger partial charge in [-0.1, -0.05) is 13.8 Å². The van der Waals surface area contributed by atoms with Crippen molar-refractivity contribution in [3.8, 4) is 0 Å². The minimum atomic E-state index is -4.24. The third-order valence-electron chi connectivity index (χ3n) is 2.50. The van der Waals surface area contributed by atoms with E-state index < -0.39 is 12.2 Å². The summed E-state index contributed by atoms with van der Waals surface area (Å²) in [5.41, 5.74) is 0. The standard InChI is InChI=1S/C11H18F3N3/c1-3-6-17-7-5-16-10(17)8-9(15-4-2)11(12,13)14/h5,7,9,15H,3-4,6,8H2,1-2H3. The molecule has 1 heterocycles. The maximum Gasteiger partial charge on any atom is 0.404 e. The maximum atomic E-state index is 12.7. The average molecular weight is 249 g/mol. The van der Waals surface area contributed by atoms with Crippen molar-refractivity contribution in [2.75, 3.05) is 6.54 Å². The zero-order valence-electron chi connectivity index (χ0n) is 10.1. The first-order valence-electron chi connectivity index (χ1n) is 5.79. The van der Waals surface area contributed by atoms with Gasteiger partial charge in [0.2, 0.25) is 0 Å². The van der Waals surface area contributed by atoms with Crippen molar-refractivity contribution in [3.05, 3.63) is 18.2 Å². The number of likely N-dealkylation sites (N-methyl/N-ethyl adjacent to an activating group) is 1. The molecule has 1 N–H and O–H groups in total. The van der Waals surface area contributed by atoms with Gasteiger partial charge in [-0.15, -0.1) is 0 Å². The lowest BCUT2D eigenvalue weighted by Gasteiger charge is -2.21. The van der Waals surface area contributed by atoms with Gasteiger partial charge >= 0.3 is 6.18 Å². The van der Waals surface area contributed by atoms with Crippen LogP contribution in [0.25, 0.3) is 0 Å². The lowest BCUT2D eigenvalue weighted by Crippen LogP contribution is -2.44. The van der Waals surface area contributed by atoms with E-state index >= 15 is 0 Å². The molecule has 0 saturated carbocycles. The molecule has 0 bridgehead atoms. The van der Waals surface area contributed by atoms with Gasteiger partial charge in [-0.3, -0.25) is 0 Å². The average Bonchev–Trinajstić information content (AvgIpc) is 2.64. The van der Waals surface area contributed by atoms with E-state index in [9.17, 15) is 13.2 Å². The van der Waals surface area contributed by atoms with Gasteiger partial charge in [-0.2, -0.15) is 13.2 Å². The van der Waals surface area contributed by atoms with Crippen molar-refractivity contribution in [2.45, 2.75) is 45.5 Å². The monoisotopic (exact) mass is 249 g/mol. The topological polar surface area (TPSA) is 29.9 Å². The summed E-state index contributed by atoms with van der Waals surface area (Å²) in [6.45, 7) is 4.64. The maximum absolute atomic E-state index is 12.7. The number of nitrogens with one attached hydrogen (secondary N) is 1. The Hall–Kier alpha value is -1.04. The third-order valence-corrected chi connectivity index (χ3v) is 2.50. The highest BCUT2D eigenvalue weighted by atomic mass is 19.4. The molecule has 1 aromatic heterocycles. The van der Waals surface area contributed by atoms with E-state index in [-0.39, 0.29) is 6.42 Å². The fourth-order valence-corrected chi connectivity index (χ4v) is 1.71. The molecule has 1 rings (SSSR count). The Bertz CT molecular complexity index is 333. The second kappa shape index (κ2) is 6.05. The van der Waals surface area contributed by atoms with Gasteiger partial charge in [-0.25, -0.2) is 4.98 Å². The highest BCUT2D eigenvalue weighted by Gasteiger charge is 2.39. The van der Waals surface area contributed by atoms with Crippen LogP contribution in [0.2, 0.25) is 0 Å². The molecule has 0 aliphatic heterocycles. The van der Waals surface area contributed by atoms with Gasteiger partial charge < -0.3 is 9.88 Å². The number of halogens is 3. The lowest BCUT2D eigenvalue weighted by molar-refractivity contribution is -0.155. The minimum Gasteiger partial charge on any atom is -0.335 e. The van der Waals surface area contributed by atoms with Crippen LogP contribution >= 0.6 is 0 Å². The van der Waals surface area contributed by atoms with E-state index in [1.807, 2.05) is 6.92 Å². The Balaban J connectivity index is 2.75. The molecule has 3 nitrogen and oxygen atoms in total. The Morgan fingerprint density at radius 1 is 1.41 bits per heavy atom. The number of alkyl halides is 3. The summed E-state index contributed by atoms with van der Waals surface area (Å²) in [6, 6.07) is -1.52. The number of rotatable bonds is 6. The van der Waals surface area contributed by atoms with Crippen LogP contribution < -0.4 is 5.32 Å². The highest BCUT2D eigenvalue weighted by molar-refractivity contribution is 4.97. The van der Waals surface area contributed by atoms with Crippen LogP contribution in [0.3, 0.4) is 0 Å². The van der Waals surface area contributed by atoms with Crippen LogP contribution in [0.4, 0.5) is 13.2 Å². The van der Waals surface area contributed by atoms with E-state index in [0.717, 1.165) is 6.42 Å². The number of nitrogens with zero attached hydrogens (tertiary/aromatic N) is 2. The molecule has 0 saturated heterocycles. The summed E-state index contributed by atoms with van der Waals surface area (Å²) in [5, 5.41) is 2.45. The van der Waals surface area contributed by atoms with E-state index in [4.69, 9.17) is 0 Å². The van der Waals surface area contributed by atoms with E-state index in [2.05, 4.69) is 10.3 Å². The van der Waals surface area contributed by atoms with Gasteiger partial charge in [0.05, 0.1) is 0 Å². The second-order valence-electron chi connectivity index (χ2n) is 3.89. The van der Waals surface area contributed by atoms with Crippen molar-refractivity contribution < 1.29 is 13.2 Å². The van der Waals surface area contributed by atoms with Gasteiger partial charge in [-0.05, 0) is 13.0 Å². The van der Waals surface area contributed by atoms with Crippen molar-refractivity contribution in [1.29, 1.82) is 0 Å². The number of aromatic nitrogens is 2. The molecular weight excluding hydrogens is 231 g/mol. The van der Waals surface area contributed by atoms with Gasteiger partial charge in [0.15, 0.2) is 0 Å². The largest absolute Gasteiger partial charge is 0.404 e. The smallest absolute Gasteiger partial charge is 0.335 e. The SMILES string of the molecule is CCCn1ccnc1CC(NCC)C(F)(F)F. The predicted molar refractivity (Wildman–Crippen MR) is 59.7 cm³/mol. The molecule has 0 radical (unpaired) electrons. The van der Waals surface area contributed by atoms with Gasteiger partial charge in [0.1, 0.15) is 11.9 Å². The number of imidazole rings is 1. The fourth-order valence-electron chi connectivity index (χ4n) is 1.71. The molecule has 0 fully saturated rings. The zero-order chi connectivity index (χ0) is 12.9. The predicted octanol–water partition coefficient (Wildman–Crippen LogP) is 2.38. The first-order valence-corrected chi connectivity index (χ1v) is 5.79. The Kier molecular flexibility index (Phi) is 4.99. The van der Waals surface area contributed by atoms with Crippen molar-refractivity contribution >= 4 is 0 Å². The first-order chi connectivity index (χ1) is 7.99. The summed E-state index contributed by atoms with van der Waals surface area (Å²) < 4.78 is 39.9. The van der Waals surface area contributed by atoms with Crippen LogP contribution in [0, 0.1) is 0 Å². The molecule has 0 aromatic carbocycles. The Morgan fingerprint density at radius 3 is 2.65 bits per heavy atom. The number of hydrogen-bond donors (Lipinski definition) is 1. The molecule has 1 aromatic rings. The summed E-state index contributed by atoms with van der Waals surface area (Å²) in [6.07, 6.45) is -0.215. The van der Waals surface area contributed by atoms with E-state index in [1.165, 1.54) is 0 Å². The normalized spacial score (nSPS) is 13.9. The summed E-state index contributed by atoms with van der Waals surface area (Å²) in [5.74, 6) is 0.482. The number of aryl methyl sites for hydroxylation is 1. The molecule has 17 heavy (non-hydrogen) atoms. The molecule has 0 aliphatic carbocycles. The molecule has 0 aliphatic rings. The molecule has 1 atom stereocenters. The minimum absolute atomic E-state index is 0.121. The second-order valence-corrected chi connectivity index (χ2v) is 3.89. The van der Waals surface area contributed by atoms with Crippen LogP contribution in [0.5, 0.6) is 0 Å². The molecule has 0 amide bonds. The van der Waals surface area contributed by atoms with Crippen LogP contribution in [-0.2, 0) is 13.0 Å². The third kappa shape index (κ3) is 4.03. The molecule has 1 unspecified atom stereocenters. The summed E-state index contributed by atoms with van der Waals surface area (Å²) in [4.78, 5) is 3.99. The molecule has 98 valence electrons. The lowest BCUT2D eigenvalue weighted by atomic mass is 10.2. The van der Waals surface area contributed by atoms with Gasteiger partial charge in [0.25, 0.3) is 0 Å². The molecule has 6 heteroatoms.